The van der Waals surface area contributed by atoms with Crippen LogP contribution in [0.4, 0.5) is 0 Å². The fourth-order valence-corrected chi connectivity index (χ4v) is 2.72. The summed E-state index contributed by atoms with van der Waals surface area (Å²) in [5, 5.41) is 4.14. The second-order valence-electron chi connectivity index (χ2n) is 6.33. The van der Waals surface area contributed by atoms with Crippen LogP contribution in [0.2, 0.25) is 0 Å². The van der Waals surface area contributed by atoms with E-state index in [1.165, 1.54) is 0 Å². The smallest absolute Gasteiger partial charge is 0.211 e. The normalized spacial score (nSPS) is 12.7. The second kappa shape index (κ2) is 8.85. The topological polar surface area (TPSA) is 60.7 Å². The SMILES string of the molecule is CCOc1ccc2oc(C(=O)CN[C@@H](COC)CC(C)C)cc2c1. The molecule has 1 atom stereocenters. The van der Waals surface area contributed by atoms with Gasteiger partial charge in [0.2, 0.25) is 5.78 Å². The molecule has 0 saturated heterocycles. The van der Waals surface area contributed by atoms with Crippen molar-refractivity contribution in [3.8, 4) is 5.75 Å². The van der Waals surface area contributed by atoms with Crippen LogP contribution in [0.15, 0.2) is 28.7 Å². The zero-order valence-corrected chi connectivity index (χ0v) is 14.9. The Balaban J connectivity index is 2.02. The average molecular weight is 333 g/mol. The van der Waals surface area contributed by atoms with Crippen molar-refractivity contribution in [2.24, 2.45) is 5.92 Å². The van der Waals surface area contributed by atoms with Crippen molar-refractivity contribution in [1.29, 1.82) is 0 Å². The van der Waals surface area contributed by atoms with Crippen molar-refractivity contribution in [2.45, 2.75) is 33.2 Å². The summed E-state index contributed by atoms with van der Waals surface area (Å²) in [5.41, 5.74) is 0.692. The fourth-order valence-electron chi connectivity index (χ4n) is 2.72. The highest BCUT2D eigenvalue weighted by atomic mass is 16.5. The van der Waals surface area contributed by atoms with E-state index in [9.17, 15) is 4.79 Å². The van der Waals surface area contributed by atoms with Gasteiger partial charge in [-0.2, -0.15) is 0 Å². The molecule has 0 aliphatic heterocycles. The van der Waals surface area contributed by atoms with Crippen LogP contribution in [-0.2, 0) is 4.74 Å². The maximum atomic E-state index is 12.4. The number of hydrogen-bond donors (Lipinski definition) is 1. The number of fused-ring (bicyclic) bond motifs is 1. The molecule has 5 heteroatoms. The molecule has 0 spiro atoms. The van der Waals surface area contributed by atoms with Crippen molar-refractivity contribution < 1.29 is 18.7 Å². The monoisotopic (exact) mass is 333 g/mol. The predicted octanol–water partition coefficient (Wildman–Crippen LogP) is 3.66. The number of hydrogen-bond acceptors (Lipinski definition) is 5. The van der Waals surface area contributed by atoms with E-state index >= 15 is 0 Å². The van der Waals surface area contributed by atoms with Crippen molar-refractivity contribution >= 4 is 16.8 Å². The highest BCUT2D eigenvalue weighted by Crippen LogP contribution is 2.24. The molecular weight excluding hydrogens is 306 g/mol. The molecule has 5 nitrogen and oxygen atoms in total. The lowest BCUT2D eigenvalue weighted by atomic mass is 10.0. The molecule has 24 heavy (non-hydrogen) atoms. The molecule has 1 N–H and O–H groups in total. The number of nitrogens with one attached hydrogen (secondary N) is 1. The van der Waals surface area contributed by atoms with Crippen molar-refractivity contribution in [1.82, 2.24) is 5.32 Å². The van der Waals surface area contributed by atoms with Crippen LogP contribution in [0.3, 0.4) is 0 Å². The third-order valence-electron chi connectivity index (χ3n) is 3.75. The van der Waals surface area contributed by atoms with Crippen LogP contribution in [0.1, 0.15) is 37.7 Å². The van der Waals surface area contributed by atoms with Gasteiger partial charge in [-0.25, -0.2) is 0 Å². The Hall–Kier alpha value is -1.85. The summed E-state index contributed by atoms with van der Waals surface area (Å²) in [6.07, 6.45) is 0.957. The van der Waals surface area contributed by atoms with E-state index in [4.69, 9.17) is 13.9 Å². The zero-order valence-electron chi connectivity index (χ0n) is 14.9. The van der Waals surface area contributed by atoms with Crippen LogP contribution in [0, 0.1) is 5.92 Å². The number of carbonyl (C=O) groups is 1. The van der Waals surface area contributed by atoms with Gasteiger partial charge < -0.3 is 19.2 Å². The van der Waals surface area contributed by atoms with E-state index in [0.29, 0.717) is 30.5 Å². The van der Waals surface area contributed by atoms with Gasteiger partial charge in [0.05, 0.1) is 19.8 Å². The third kappa shape index (κ3) is 5.08. The Bertz CT molecular complexity index is 662. The molecule has 0 unspecified atom stereocenters. The standard InChI is InChI=1S/C19H27NO4/c1-5-23-16-6-7-18-14(9-16)10-19(24-18)17(21)11-20-15(12-22-4)8-13(2)3/h6-7,9-10,13,15,20H,5,8,11-12H2,1-4H3/t15-/m1/s1. The second-order valence-corrected chi connectivity index (χ2v) is 6.33. The number of methoxy groups -OCH3 is 1. The molecule has 1 aromatic heterocycles. The lowest BCUT2D eigenvalue weighted by molar-refractivity contribution is 0.0947. The lowest BCUT2D eigenvalue weighted by Gasteiger charge is -2.19. The van der Waals surface area contributed by atoms with Crippen LogP contribution in [-0.4, -0.2) is 38.7 Å². The Kier molecular flexibility index (Phi) is 6.82. The molecule has 0 radical (unpaired) electrons. The summed E-state index contributed by atoms with van der Waals surface area (Å²) >= 11 is 0. The van der Waals surface area contributed by atoms with Gasteiger partial charge in [-0.05, 0) is 43.5 Å². The van der Waals surface area contributed by atoms with E-state index in [1.807, 2.05) is 25.1 Å². The van der Waals surface area contributed by atoms with Crippen LogP contribution in [0.25, 0.3) is 11.0 Å². The Morgan fingerprint density at radius 3 is 2.75 bits per heavy atom. The predicted molar refractivity (Wildman–Crippen MR) is 94.8 cm³/mol. The molecule has 1 heterocycles. The molecule has 0 fully saturated rings. The van der Waals surface area contributed by atoms with E-state index in [2.05, 4.69) is 19.2 Å². The number of carbonyl (C=O) groups excluding carboxylic acids is 1. The van der Waals surface area contributed by atoms with Gasteiger partial charge in [-0.15, -0.1) is 0 Å². The zero-order chi connectivity index (χ0) is 17.5. The number of ketones is 1. The highest BCUT2D eigenvalue weighted by molar-refractivity contribution is 5.99. The van der Waals surface area contributed by atoms with Crippen molar-refractivity contribution in [3.63, 3.8) is 0 Å². The Morgan fingerprint density at radius 2 is 2.08 bits per heavy atom. The average Bonchev–Trinajstić information content (AvgIpc) is 2.95. The number of ether oxygens (including phenoxy) is 2. The summed E-state index contributed by atoms with van der Waals surface area (Å²) in [4.78, 5) is 12.4. The van der Waals surface area contributed by atoms with Gasteiger partial charge in [0.25, 0.3) is 0 Å². The molecule has 2 rings (SSSR count). The quantitative estimate of drug-likeness (QED) is 0.672. The van der Waals surface area contributed by atoms with E-state index in [-0.39, 0.29) is 18.4 Å². The first-order chi connectivity index (χ1) is 11.5. The maximum Gasteiger partial charge on any atom is 0.211 e. The van der Waals surface area contributed by atoms with Crippen LogP contribution in [0.5, 0.6) is 5.75 Å². The van der Waals surface area contributed by atoms with Crippen LogP contribution < -0.4 is 10.1 Å². The molecule has 0 saturated carbocycles. The van der Waals surface area contributed by atoms with E-state index < -0.39 is 0 Å². The first-order valence-corrected chi connectivity index (χ1v) is 8.45. The van der Waals surface area contributed by atoms with Gasteiger partial charge in [0, 0.05) is 18.5 Å². The van der Waals surface area contributed by atoms with E-state index in [0.717, 1.165) is 17.6 Å². The van der Waals surface area contributed by atoms with Crippen LogP contribution >= 0.6 is 0 Å². The molecule has 132 valence electrons. The first-order valence-electron chi connectivity index (χ1n) is 8.45. The summed E-state index contributed by atoms with van der Waals surface area (Å²) < 4.78 is 16.3. The third-order valence-corrected chi connectivity index (χ3v) is 3.75. The number of furan rings is 1. The minimum atomic E-state index is -0.0611. The largest absolute Gasteiger partial charge is 0.494 e. The minimum absolute atomic E-state index is 0.0611. The first kappa shape index (κ1) is 18.5. The van der Waals surface area contributed by atoms with Gasteiger partial charge in [0.15, 0.2) is 5.76 Å². The highest BCUT2D eigenvalue weighted by Gasteiger charge is 2.16. The summed E-state index contributed by atoms with van der Waals surface area (Å²) in [6.45, 7) is 7.68. The van der Waals surface area contributed by atoms with Gasteiger partial charge >= 0.3 is 0 Å². The number of Topliss-reactive ketones (excluding diaryl/α,β-unsaturated/α-hetero) is 1. The number of benzene rings is 1. The Labute approximate surface area is 143 Å². The van der Waals surface area contributed by atoms with Crippen molar-refractivity contribution in [3.05, 3.63) is 30.0 Å². The molecule has 0 aliphatic rings. The summed E-state index contributed by atoms with van der Waals surface area (Å²) in [5.74, 6) is 1.62. The molecule has 0 aliphatic carbocycles. The number of rotatable bonds is 10. The summed E-state index contributed by atoms with van der Waals surface area (Å²) in [6, 6.07) is 7.50. The molecule has 1 aromatic carbocycles. The molecule has 0 bridgehead atoms. The molecular formula is C19H27NO4. The van der Waals surface area contributed by atoms with Gasteiger partial charge in [-0.1, -0.05) is 13.8 Å². The van der Waals surface area contributed by atoms with E-state index in [1.54, 1.807) is 13.2 Å². The van der Waals surface area contributed by atoms with Crippen molar-refractivity contribution in [2.75, 3.05) is 26.9 Å². The minimum Gasteiger partial charge on any atom is -0.494 e. The molecule has 0 amide bonds. The lowest BCUT2D eigenvalue weighted by Crippen LogP contribution is -2.37. The maximum absolute atomic E-state index is 12.4. The Morgan fingerprint density at radius 1 is 1.29 bits per heavy atom. The van der Waals surface area contributed by atoms with Gasteiger partial charge in [0.1, 0.15) is 11.3 Å². The fraction of sp³-hybridized carbons (Fsp3) is 0.526. The molecule has 2 aromatic rings. The summed E-state index contributed by atoms with van der Waals surface area (Å²) in [7, 11) is 1.67. The van der Waals surface area contributed by atoms with Gasteiger partial charge in [-0.3, -0.25) is 4.79 Å².